The highest BCUT2D eigenvalue weighted by molar-refractivity contribution is 7.07. The molecule has 1 fully saturated rings. The molecule has 110 valence electrons. The highest BCUT2D eigenvalue weighted by atomic mass is 32.1. The molecular weight excluding hydrogens is 268 g/mol. The zero-order valence-electron chi connectivity index (χ0n) is 12.3. The van der Waals surface area contributed by atoms with Crippen LogP contribution in [-0.4, -0.2) is 41.9 Å². The van der Waals surface area contributed by atoms with Gasteiger partial charge in [0.25, 0.3) is 0 Å². The Kier molecular flexibility index (Phi) is 5.80. The van der Waals surface area contributed by atoms with Crippen molar-refractivity contribution in [3.8, 4) is 0 Å². The standard InChI is InChI=1S/C16H24N2OS/c1-3-9-18(11-14-8-10-20-13-14)16(19)12-17(2)15-6-4-5-7-15/h3,8,10,13,15H,1,4-7,9,11-12H2,2H3. The molecule has 4 heteroatoms. The Morgan fingerprint density at radius 3 is 2.85 bits per heavy atom. The fourth-order valence-corrected chi connectivity index (χ4v) is 3.46. The van der Waals surface area contributed by atoms with Crippen LogP contribution in [-0.2, 0) is 11.3 Å². The molecule has 0 spiro atoms. The minimum atomic E-state index is 0.200. The van der Waals surface area contributed by atoms with Crippen molar-refractivity contribution in [3.05, 3.63) is 35.0 Å². The average Bonchev–Trinajstić information content (AvgIpc) is 3.11. The molecule has 1 aromatic heterocycles. The maximum atomic E-state index is 12.5. The van der Waals surface area contributed by atoms with Crippen LogP contribution in [0.15, 0.2) is 29.5 Å². The van der Waals surface area contributed by atoms with Gasteiger partial charge >= 0.3 is 0 Å². The second-order valence-electron chi connectivity index (χ2n) is 5.55. The minimum Gasteiger partial charge on any atom is -0.334 e. The van der Waals surface area contributed by atoms with E-state index in [0.717, 1.165) is 0 Å². The van der Waals surface area contributed by atoms with Gasteiger partial charge in [0.1, 0.15) is 0 Å². The molecule has 1 amide bonds. The molecule has 0 N–H and O–H groups in total. The van der Waals surface area contributed by atoms with Gasteiger partial charge in [-0.15, -0.1) is 6.58 Å². The summed E-state index contributed by atoms with van der Waals surface area (Å²) in [5.74, 6) is 0.200. The lowest BCUT2D eigenvalue weighted by Gasteiger charge is -2.27. The molecule has 0 aromatic carbocycles. The minimum absolute atomic E-state index is 0.200. The number of thiophene rings is 1. The number of carbonyl (C=O) groups is 1. The fourth-order valence-electron chi connectivity index (χ4n) is 2.80. The van der Waals surface area contributed by atoms with Gasteiger partial charge in [-0.2, -0.15) is 11.3 Å². The van der Waals surface area contributed by atoms with Gasteiger partial charge in [0.15, 0.2) is 0 Å². The maximum Gasteiger partial charge on any atom is 0.237 e. The Hall–Kier alpha value is -1.13. The van der Waals surface area contributed by atoms with Gasteiger partial charge in [-0.25, -0.2) is 0 Å². The number of rotatable bonds is 7. The second kappa shape index (κ2) is 7.60. The predicted octanol–water partition coefficient (Wildman–Crippen LogP) is 3.14. The highest BCUT2D eigenvalue weighted by Crippen LogP contribution is 2.22. The molecule has 20 heavy (non-hydrogen) atoms. The van der Waals surface area contributed by atoms with Crippen LogP contribution >= 0.6 is 11.3 Å². The van der Waals surface area contributed by atoms with Crippen LogP contribution in [0, 0.1) is 0 Å². The maximum absolute atomic E-state index is 12.5. The Labute approximate surface area is 125 Å². The van der Waals surface area contributed by atoms with Gasteiger partial charge in [-0.3, -0.25) is 9.69 Å². The smallest absolute Gasteiger partial charge is 0.237 e. The summed E-state index contributed by atoms with van der Waals surface area (Å²) < 4.78 is 0. The summed E-state index contributed by atoms with van der Waals surface area (Å²) in [5, 5.41) is 4.15. The topological polar surface area (TPSA) is 23.6 Å². The van der Waals surface area contributed by atoms with E-state index >= 15 is 0 Å². The molecule has 1 heterocycles. The molecule has 1 aliphatic rings. The number of likely N-dealkylation sites (N-methyl/N-ethyl adjacent to an activating group) is 1. The van der Waals surface area contributed by atoms with Crippen LogP contribution in [0.1, 0.15) is 31.2 Å². The number of carbonyl (C=O) groups excluding carboxylic acids is 1. The van der Waals surface area contributed by atoms with E-state index in [1.807, 2.05) is 4.90 Å². The molecule has 1 saturated carbocycles. The first-order valence-electron chi connectivity index (χ1n) is 7.30. The summed E-state index contributed by atoms with van der Waals surface area (Å²) in [5.41, 5.74) is 1.20. The Morgan fingerprint density at radius 2 is 2.25 bits per heavy atom. The normalized spacial score (nSPS) is 15.7. The van der Waals surface area contributed by atoms with E-state index in [2.05, 4.69) is 35.4 Å². The van der Waals surface area contributed by atoms with E-state index in [1.165, 1.54) is 31.2 Å². The van der Waals surface area contributed by atoms with Crippen molar-refractivity contribution in [3.63, 3.8) is 0 Å². The van der Waals surface area contributed by atoms with E-state index in [1.54, 1.807) is 17.4 Å². The summed E-state index contributed by atoms with van der Waals surface area (Å²) in [4.78, 5) is 16.6. The van der Waals surface area contributed by atoms with Crippen LogP contribution in [0.4, 0.5) is 0 Å². The van der Waals surface area contributed by atoms with Crippen molar-refractivity contribution in [2.75, 3.05) is 20.1 Å². The second-order valence-corrected chi connectivity index (χ2v) is 6.33. The third-order valence-electron chi connectivity index (χ3n) is 3.99. The van der Waals surface area contributed by atoms with Gasteiger partial charge in [-0.1, -0.05) is 18.9 Å². The van der Waals surface area contributed by atoms with E-state index in [4.69, 9.17) is 0 Å². The third kappa shape index (κ3) is 4.18. The fraction of sp³-hybridized carbons (Fsp3) is 0.562. The number of amides is 1. The van der Waals surface area contributed by atoms with Crippen LogP contribution < -0.4 is 0 Å². The van der Waals surface area contributed by atoms with Gasteiger partial charge in [0, 0.05) is 19.1 Å². The van der Waals surface area contributed by atoms with Crippen molar-refractivity contribution >= 4 is 17.2 Å². The quantitative estimate of drug-likeness (QED) is 0.721. The van der Waals surface area contributed by atoms with E-state index in [9.17, 15) is 4.79 Å². The molecule has 0 bridgehead atoms. The molecule has 0 saturated heterocycles. The number of nitrogens with zero attached hydrogens (tertiary/aromatic N) is 2. The Balaban J connectivity index is 1.90. The van der Waals surface area contributed by atoms with Gasteiger partial charge in [0.2, 0.25) is 5.91 Å². The first-order chi connectivity index (χ1) is 9.70. The van der Waals surface area contributed by atoms with Gasteiger partial charge < -0.3 is 4.90 Å². The van der Waals surface area contributed by atoms with Crippen molar-refractivity contribution in [1.29, 1.82) is 0 Å². The summed E-state index contributed by atoms with van der Waals surface area (Å²) in [7, 11) is 2.07. The molecule has 3 nitrogen and oxygen atoms in total. The van der Waals surface area contributed by atoms with Gasteiger partial charge in [-0.05, 0) is 42.3 Å². The van der Waals surface area contributed by atoms with Crippen molar-refractivity contribution < 1.29 is 4.79 Å². The molecule has 0 radical (unpaired) electrons. The van der Waals surface area contributed by atoms with E-state index in [0.29, 0.717) is 25.7 Å². The lowest BCUT2D eigenvalue weighted by atomic mass is 10.2. The average molecular weight is 292 g/mol. The summed E-state index contributed by atoms with van der Waals surface area (Å²) in [6.07, 6.45) is 6.87. The summed E-state index contributed by atoms with van der Waals surface area (Å²) in [6, 6.07) is 2.67. The lowest BCUT2D eigenvalue weighted by Crippen LogP contribution is -2.41. The monoisotopic (exact) mass is 292 g/mol. The van der Waals surface area contributed by atoms with E-state index < -0.39 is 0 Å². The lowest BCUT2D eigenvalue weighted by molar-refractivity contribution is -0.132. The molecule has 0 aliphatic heterocycles. The largest absolute Gasteiger partial charge is 0.334 e. The molecule has 2 rings (SSSR count). The first-order valence-corrected chi connectivity index (χ1v) is 8.25. The SMILES string of the molecule is C=CCN(Cc1ccsc1)C(=O)CN(C)C1CCCC1. The Morgan fingerprint density at radius 1 is 1.50 bits per heavy atom. The first kappa shape index (κ1) is 15.3. The predicted molar refractivity (Wildman–Crippen MR) is 84.8 cm³/mol. The molecular formula is C16H24N2OS. The van der Waals surface area contributed by atoms with E-state index in [-0.39, 0.29) is 5.91 Å². The summed E-state index contributed by atoms with van der Waals surface area (Å²) in [6.45, 7) is 5.59. The summed E-state index contributed by atoms with van der Waals surface area (Å²) >= 11 is 1.67. The third-order valence-corrected chi connectivity index (χ3v) is 4.72. The van der Waals surface area contributed by atoms with Crippen molar-refractivity contribution in [2.24, 2.45) is 0 Å². The van der Waals surface area contributed by atoms with Crippen molar-refractivity contribution in [2.45, 2.75) is 38.3 Å². The zero-order valence-corrected chi connectivity index (χ0v) is 13.1. The number of hydrogen-bond acceptors (Lipinski definition) is 3. The van der Waals surface area contributed by atoms with Crippen LogP contribution in [0.3, 0.4) is 0 Å². The van der Waals surface area contributed by atoms with Crippen LogP contribution in [0.2, 0.25) is 0 Å². The highest BCUT2D eigenvalue weighted by Gasteiger charge is 2.23. The molecule has 1 aromatic rings. The Bertz CT molecular complexity index is 424. The molecule has 0 atom stereocenters. The van der Waals surface area contributed by atoms with Crippen LogP contribution in [0.5, 0.6) is 0 Å². The zero-order chi connectivity index (χ0) is 14.4. The van der Waals surface area contributed by atoms with Gasteiger partial charge in [0.05, 0.1) is 6.54 Å². The van der Waals surface area contributed by atoms with Crippen LogP contribution in [0.25, 0.3) is 0 Å². The molecule has 0 unspecified atom stereocenters. The van der Waals surface area contributed by atoms with Crippen molar-refractivity contribution in [1.82, 2.24) is 9.80 Å². The molecule has 1 aliphatic carbocycles. The number of hydrogen-bond donors (Lipinski definition) is 0.